The molecule has 2 N–H and O–H groups in total. The topological polar surface area (TPSA) is 49.7 Å². The normalized spacial score (nSPS) is 22.3. The number of hydrogen-bond acceptors (Lipinski definition) is 3. The molecule has 30 heavy (non-hydrogen) atoms. The Bertz CT molecular complexity index is 661. The second-order valence-electron chi connectivity index (χ2n) is 11.7. The monoisotopic (exact) mass is 436 g/mol. The lowest BCUT2D eigenvalue weighted by Gasteiger charge is -2.38. The van der Waals surface area contributed by atoms with Gasteiger partial charge in [-0.15, -0.1) is 6.58 Å². The minimum absolute atomic E-state index is 0.00189. The van der Waals surface area contributed by atoms with Crippen molar-refractivity contribution in [2.24, 2.45) is 11.3 Å². The molecule has 0 unspecified atom stereocenters. The highest BCUT2D eigenvalue weighted by Gasteiger charge is 2.43. The van der Waals surface area contributed by atoms with Crippen molar-refractivity contribution < 1.29 is 14.6 Å². The maximum atomic E-state index is 11.4. The van der Waals surface area contributed by atoms with Crippen LogP contribution in [0.4, 0.5) is 0 Å². The average Bonchev–Trinajstić information content (AvgIpc) is 3.00. The van der Waals surface area contributed by atoms with Crippen LogP contribution in [-0.2, 0) is 4.43 Å². The Hall–Kier alpha value is -0.683. The molecule has 174 valence electrons. The van der Waals surface area contributed by atoms with Gasteiger partial charge in [0.15, 0.2) is 8.32 Å². The molecular weight excluding hydrogens is 388 g/mol. The van der Waals surface area contributed by atoms with E-state index in [0.717, 1.165) is 31.3 Å². The summed E-state index contributed by atoms with van der Waals surface area (Å²) in [4.78, 5) is 0. The fourth-order valence-electron chi connectivity index (χ4n) is 4.02. The number of allylic oxidation sites excluding steroid dienone is 2. The summed E-state index contributed by atoms with van der Waals surface area (Å²) in [6.07, 6.45) is 7.04. The Morgan fingerprint density at radius 2 is 1.80 bits per heavy atom. The lowest BCUT2D eigenvalue weighted by atomic mass is 9.71. The van der Waals surface area contributed by atoms with Gasteiger partial charge in [0, 0.05) is 11.3 Å². The lowest BCUT2D eigenvalue weighted by molar-refractivity contribution is 0.0105. The SMILES string of the molecule is C=C[C@](C)(CC/C=C(\C)CO[Si](C)(C)C(C)(C)C)[C@@H](O)C1=C(C)CC[C@H]1C(C)(C)O. The molecule has 3 nitrogen and oxygen atoms in total. The molecule has 0 radical (unpaired) electrons. The first-order valence-electron chi connectivity index (χ1n) is 11.5. The molecule has 0 aromatic carbocycles. The highest BCUT2D eigenvalue weighted by molar-refractivity contribution is 6.74. The van der Waals surface area contributed by atoms with Crippen molar-refractivity contribution in [2.45, 2.75) is 111 Å². The summed E-state index contributed by atoms with van der Waals surface area (Å²) in [6, 6.07) is 0. The van der Waals surface area contributed by atoms with E-state index >= 15 is 0 Å². The van der Waals surface area contributed by atoms with Gasteiger partial charge in [0.05, 0.1) is 18.3 Å². The van der Waals surface area contributed by atoms with Crippen LogP contribution in [0.5, 0.6) is 0 Å². The first-order chi connectivity index (χ1) is 13.5. The zero-order chi connectivity index (χ0) is 23.5. The van der Waals surface area contributed by atoms with E-state index < -0.39 is 25.4 Å². The van der Waals surface area contributed by atoms with Crippen LogP contribution in [0, 0.1) is 11.3 Å². The van der Waals surface area contributed by atoms with Gasteiger partial charge in [0.1, 0.15) is 0 Å². The summed E-state index contributed by atoms with van der Waals surface area (Å²) in [7, 11) is -1.75. The Balaban J connectivity index is 2.84. The molecule has 1 rings (SSSR count). The zero-order valence-corrected chi connectivity index (χ0v) is 22.4. The van der Waals surface area contributed by atoms with E-state index in [1.165, 1.54) is 11.1 Å². The van der Waals surface area contributed by atoms with Gasteiger partial charge in [0.2, 0.25) is 0 Å². The molecule has 0 aromatic rings. The van der Waals surface area contributed by atoms with E-state index in [1.54, 1.807) is 0 Å². The predicted octanol–water partition coefficient (Wildman–Crippen LogP) is 6.79. The van der Waals surface area contributed by atoms with Crippen LogP contribution in [0.25, 0.3) is 0 Å². The number of rotatable bonds is 10. The first kappa shape index (κ1) is 27.4. The molecule has 0 fully saturated rings. The fraction of sp³-hybridized carbons (Fsp3) is 0.769. The van der Waals surface area contributed by atoms with E-state index in [9.17, 15) is 10.2 Å². The number of aliphatic hydroxyl groups excluding tert-OH is 1. The first-order valence-corrected chi connectivity index (χ1v) is 14.4. The molecular formula is C26H48O3Si. The molecule has 1 aliphatic carbocycles. The summed E-state index contributed by atoms with van der Waals surface area (Å²) in [5.74, 6) is 0.00189. The Morgan fingerprint density at radius 3 is 2.27 bits per heavy atom. The smallest absolute Gasteiger partial charge is 0.192 e. The second kappa shape index (κ2) is 9.85. The third kappa shape index (κ3) is 6.66. The van der Waals surface area contributed by atoms with E-state index in [0.29, 0.717) is 6.61 Å². The third-order valence-corrected chi connectivity index (χ3v) is 12.0. The van der Waals surface area contributed by atoms with Crippen LogP contribution < -0.4 is 0 Å². The van der Waals surface area contributed by atoms with Crippen molar-refractivity contribution in [2.75, 3.05) is 6.61 Å². The van der Waals surface area contributed by atoms with E-state index in [2.05, 4.69) is 67.3 Å². The lowest BCUT2D eigenvalue weighted by Crippen LogP contribution is -2.41. The summed E-state index contributed by atoms with van der Waals surface area (Å²) < 4.78 is 6.32. The van der Waals surface area contributed by atoms with Crippen LogP contribution in [0.2, 0.25) is 18.1 Å². The van der Waals surface area contributed by atoms with Crippen molar-refractivity contribution in [3.63, 3.8) is 0 Å². The second-order valence-corrected chi connectivity index (χ2v) is 16.5. The maximum Gasteiger partial charge on any atom is 0.192 e. The number of aliphatic hydroxyl groups is 2. The van der Waals surface area contributed by atoms with E-state index in [-0.39, 0.29) is 11.0 Å². The van der Waals surface area contributed by atoms with Crippen molar-refractivity contribution >= 4 is 8.32 Å². The van der Waals surface area contributed by atoms with Gasteiger partial charge >= 0.3 is 0 Å². The summed E-state index contributed by atoms with van der Waals surface area (Å²) in [6.45, 7) is 26.1. The summed E-state index contributed by atoms with van der Waals surface area (Å²) in [5.41, 5.74) is 2.23. The van der Waals surface area contributed by atoms with Crippen molar-refractivity contribution in [1.29, 1.82) is 0 Å². The maximum absolute atomic E-state index is 11.4. The zero-order valence-electron chi connectivity index (χ0n) is 21.4. The standard InChI is InChI=1S/C26H48O3Si/c1-12-26(9,23(27)22-20(3)15-16-21(22)25(7,8)28)17-13-14-19(2)18-29-30(10,11)24(4,5)6/h12,14,21,23,27-28H,1,13,15-18H2,2-11H3/b19-14+/t21-,23+,26-/m1/s1. The molecule has 1 aliphatic rings. The minimum atomic E-state index is -1.75. The van der Waals surface area contributed by atoms with Gasteiger partial charge in [-0.3, -0.25) is 0 Å². The molecule has 0 bridgehead atoms. The van der Waals surface area contributed by atoms with E-state index in [1.807, 2.05) is 19.9 Å². The van der Waals surface area contributed by atoms with E-state index in [4.69, 9.17) is 4.43 Å². The molecule has 0 spiro atoms. The molecule has 3 atom stereocenters. The Morgan fingerprint density at radius 1 is 1.23 bits per heavy atom. The van der Waals surface area contributed by atoms with Gasteiger partial charge in [-0.1, -0.05) is 51.0 Å². The highest BCUT2D eigenvalue weighted by Crippen LogP contribution is 2.46. The molecule has 0 amide bonds. The average molecular weight is 437 g/mol. The van der Waals surface area contributed by atoms with Gasteiger partial charge in [-0.2, -0.15) is 0 Å². The Kier molecular flexibility index (Phi) is 8.98. The van der Waals surface area contributed by atoms with Crippen LogP contribution >= 0.6 is 0 Å². The van der Waals surface area contributed by atoms with Gasteiger partial charge < -0.3 is 14.6 Å². The molecule has 4 heteroatoms. The van der Waals surface area contributed by atoms with Crippen molar-refractivity contribution in [3.05, 3.63) is 35.5 Å². The van der Waals surface area contributed by atoms with Crippen LogP contribution in [-0.4, -0.2) is 36.8 Å². The Labute approximate surface area is 187 Å². The highest BCUT2D eigenvalue weighted by atomic mass is 28.4. The van der Waals surface area contributed by atoms with Gasteiger partial charge in [-0.05, 0) is 77.1 Å². The minimum Gasteiger partial charge on any atom is -0.413 e. The predicted molar refractivity (Wildman–Crippen MR) is 132 cm³/mol. The fourth-order valence-corrected chi connectivity index (χ4v) is 5.04. The van der Waals surface area contributed by atoms with Crippen LogP contribution in [0.1, 0.15) is 81.1 Å². The largest absolute Gasteiger partial charge is 0.413 e. The summed E-state index contributed by atoms with van der Waals surface area (Å²) in [5, 5.41) is 22.2. The van der Waals surface area contributed by atoms with Gasteiger partial charge in [0.25, 0.3) is 0 Å². The number of hydrogen-bond donors (Lipinski definition) is 2. The molecule has 0 saturated heterocycles. The van der Waals surface area contributed by atoms with Crippen LogP contribution in [0.15, 0.2) is 35.5 Å². The quantitative estimate of drug-likeness (QED) is 0.293. The molecule has 0 aliphatic heterocycles. The van der Waals surface area contributed by atoms with Crippen molar-refractivity contribution in [1.82, 2.24) is 0 Å². The molecule has 0 aromatic heterocycles. The summed E-state index contributed by atoms with van der Waals surface area (Å²) >= 11 is 0. The van der Waals surface area contributed by atoms with Gasteiger partial charge in [-0.25, -0.2) is 0 Å². The third-order valence-electron chi connectivity index (χ3n) is 7.56. The van der Waals surface area contributed by atoms with Crippen LogP contribution in [0.3, 0.4) is 0 Å². The van der Waals surface area contributed by atoms with Crippen molar-refractivity contribution in [3.8, 4) is 0 Å². The molecule has 0 heterocycles. The molecule has 0 saturated carbocycles.